The largest absolute Gasteiger partial charge is 0.463 e. The molecule has 2 heterocycles. The van der Waals surface area contributed by atoms with Gasteiger partial charge in [0.15, 0.2) is 0 Å². The van der Waals surface area contributed by atoms with Crippen LogP contribution in [0.1, 0.15) is 16.1 Å². The van der Waals surface area contributed by atoms with Crippen molar-refractivity contribution in [3.63, 3.8) is 0 Å². The molecule has 0 saturated carbocycles. The SMILES string of the molecule is O=C(N/N=C\c1ccco1)c1ccccc1-n1cccc1. The van der Waals surface area contributed by atoms with E-state index in [0.717, 1.165) is 5.69 Å². The molecular formula is C16H13N3O2. The Balaban J connectivity index is 1.79. The molecule has 0 spiro atoms. The van der Waals surface area contributed by atoms with Crippen LogP contribution in [0.2, 0.25) is 0 Å². The van der Waals surface area contributed by atoms with Crippen molar-refractivity contribution in [2.24, 2.45) is 5.10 Å². The zero-order valence-corrected chi connectivity index (χ0v) is 11.1. The molecule has 21 heavy (non-hydrogen) atoms. The molecule has 0 bridgehead atoms. The Morgan fingerprint density at radius 3 is 2.67 bits per heavy atom. The summed E-state index contributed by atoms with van der Waals surface area (Å²) in [6.45, 7) is 0. The molecule has 0 saturated heterocycles. The second-order valence-electron chi connectivity index (χ2n) is 4.32. The number of hydrogen-bond donors (Lipinski definition) is 1. The van der Waals surface area contributed by atoms with Crippen molar-refractivity contribution >= 4 is 12.1 Å². The lowest BCUT2D eigenvalue weighted by atomic mass is 10.1. The molecule has 1 N–H and O–H groups in total. The lowest BCUT2D eigenvalue weighted by Crippen LogP contribution is -2.19. The minimum Gasteiger partial charge on any atom is -0.463 e. The number of carbonyl (C=O) groups excluding carboxylic acids is 1. The first-order valence-corrected chi connectivity index (χ1v) is 6.44. The van der Waals surface area contributed by atoms with Crippen LogP contribution in [-0.2, 0) is 0 Å². The van der Waals surface area contributed by atoms with Crippen LogP contribution in [0.3, 0.4) is 0 Å². The summed E-state index contributed by atoms with van der Waals surface area (Å²) in [5.41, 5.74) is 3.84. The second-order valence-corrected chi connectivity index (χ2v) is 4.32. The summed E-state index contributed by atoms with van der Waals surface area (Å²) in [6.07, 6.45) is 6.77. The molecule has 2 aromatic heterocycles. The van der Waals surface area contributed by atoms with E-state index in [-0.39, 0.29) is 5.91 Å². The highest BCUT2D eigenvalue weighted by Crippen LogP contribution is 2.14. The molecule has 5 nitrogen and oxygen atoms in total. The average molecular weight is 279 g/mol. The second kappa shape index (κ2) is 5.92. The fourth-order valence-corrected chi connectivity index (χ4v) is 1.97. The van der Waals surface area contributed by atoms with Crippen LogP contribution in [0.4, 0.5) is 0 Å². The quantitative estimate of drug-likeness (QED) is 0.589. The van der Waals surface area contributed by atoms with Crippen molar-refractivity contribution < 1.29 is 9.21 Å². The van der Waals surface area contributed by atoms with Gasteiger partial charge in [0.05, 0.1) is 23.7 Å². The van der Waals surface area contributed by atoms with Crippen LogP contribution in [0.15, 0.2) is 76.7 Å². The van der Waals surface area contributed by atoms with E-state index in [0.29, 0.717) is 11.3 Å². The summed E-state index contributed by atoms with van der Waals surface area (Å²) in [6, 6.07) is 14.7. The Labute approximate surface area is 121 Å². The van der Waals surface area contributed by atoms with Gasteiger partial charge in [0.2, 0.25) is 0 Å². The van der Waals surface area contributed by atoms with Gasteiger partial charge in [0, 0.05) is 12.4 Å². The molecule has 0 aliphatic rings. The molecule has 3 aromatic rings. The highest BCUT2D eigenvalue weighted by atomic mass is 16.3. The van der Waals surface area contributed by atoms with Gasteiger partial charge in [-0.3, -0.25) is 4.79 Å². The van der Waals surface area contributed by atoms with E-state index in [9.17, 15) is 4.79 Å². The normalized spacial score (nSPS) is 10.9. The van der Waals surface area contributed by atoms with Crippen LogP contribution >= 0.6 is 0 Å². The summed E-state index contributed by atoms with van der Waals surface area (Å²) in [4.78, 5) is 12.2. The molecule has 1 amide bonds. The van der Waals surface area contributed by atoms with Gasteiger partial charge in [0.1, 0.15) is 5.76 Å². The van der Waals surface area contributed by atoms with Gasteiger partial charge < -0.3 is 8.98 Å². The van der Waals surface area contributed by atoms with E-state index in [4.69, 9.17) is 4.42 Å². The van der Waals surface area contributed by atoms with Crippen molar-refractivity contribution in [2.75, 3.05) is 0 Å². The average Bonchev–Trinajstić information content (AvgIpc) is 3.20. The number of nitrogens with one attached hydrogen (secondary N) is 1. The molecule has 0 aliphatic carbocycles. The third kappa shape index (κ3) is 2.92. The predicted molar refractivity (Wildman–Crippen MR) is 79.5 cm³/mol. The molecule has 1 aromatic carbocycles. The number of nitrogens with zero attached hydrogens (tertiary/aromatic N) is 2. The van der Waals surface area contributed by atoms with E-state index in [2.05, 4.69) is 10.5 Å². The van der Waals surface area contributed by atoms with Crippen LogP contribution in [0, 0.1) is 0 Å². The van der Waals surface area contributed by atoms with Crippen molar-refractivity contribution in [1.82, 2.24) is 9.99 Å². The van der Waals surface area contributed by atoms with Crippen LogP contribution < -0.4 is 5.43 Å². The van der Waals surface area contributed by atoms with Gasteiger partial charge in [0.25, 0.3) is 5.91 Å². The number of hydrazone groups is 1. The highest BCUT2D eigenvalue weighted by molar-refractivity contribution is 5.98. The number of carbonyl (C=O) groups is 1. The minimum absolute atomic E-state index is 0.276. The van der Waals surface area contributed by atoms with Crippen molar-refractivity contribution in [3.8, 4) is 5.69 Å². The van der Waals surface area contributed by atoms with E-state index >= 15 is 0 Å². The first-order chi connectivity index (χ1) is 10.3. The lowest BCUT2D eigenvalue weighted by Gasteiger charge is -2.08. The summed E-state index contributed by atoms with van der Waals surface area (Å²) >= 11 is 0. The Morgan fingerprint density at radius 1 is 1.10 bits per heavy atom. The zero-order valence-electron chi connectivity index (χ0n) is 11.1. The number of benzene rings is 1. The van der Waals surface area contributed by atoms with Crippen molar-refractivity contribution in [1.29, 1.82) is 0 Å². The van der Waals surface area contributed by atoms with E-state index in [1.807, 2.05) is 47.3 Å². The maximum atomic E-state index is 12.2. The smallest absolute Gasteiger partial charge is 0.273 e. The summed E-state index contributed by atoms with van der Waals surface area (Å²) < 4.78 is 6.98. The zero-order chi connectivity index (χ0) is 14.5. The fourth-order valence-electron chi connectivity index (χ4n) is 1.97. The minimum atomic E-state index is -0.276. The van der Waals surface area contributed by atoms with Gasteiger partial charge in [-0.05, 0) is 36.4 Å². The Kier molecular flexibility index (Phi) is 3.64. The van der Waals surface area contributed by atoms with E-state index in [1.165, 1.54) is 6.21 Å². The molecule has 5 heteroatoms. The number of para-hydroxylation sites is 1. The lowest BCUT2D eigenvalue weighted by molar-refractivity contribution is 0.0955. The highest BCUT2D eigenvalue weighted by Gasteiger charge is 2.10. The summed E-state index contributed by atoms with van der Waals surface area (Å²) in [5, 5.41) is 3.89. The van der Waals surface area contributed by atoms with Crippen LogP contribution in [0.25, 0.3) is 5.69 Å². The van der Waals surface area contributed by atoms with E-state index in [1.54, 1.807) is 24.5 Å². The first kappa shape index (κ1) is 12.9. The maximum absolute atomic E-state index is 12.2. The number of furan rings is 1. The molecule has 0 aliphatic heterocycles. The number of amides is 1. The predicted octanol–water partition coefficient (Wildman–Crippen LogP) is 2.83. The summed E-state index contributed by atoms with van der Waals surface area (Å²) in [5.74, 6) is 0.302. The maximum Gasteiger partial charge on any atom is 0.273 e. The Morgan fingerprint density at radius 2 is 1.90 bits per heavy atom. The molecule has 104 valence electrons. The molecule has 0 radical (unpaired) electrons. The van der Waals surface area contributed by atoms with Gasteiger partial charge in [-0.2, -0.15) is 5.10 Å². The fraction of sp³-hybridized carbons (Fsp3) is 0. The van der Waals surface area contributed by atoms with Crippen LogP contribution in [0.5, 0.6) is 0 Å². The topological polar surface area (TPSA) is 59.5 Å². The molecular weight excluding hydrogens is 266 g/mol. The van der Waals surface area contributed by atoms with Gasteiger partial charge in [-0.25, -0.2) is 5.43 Å². The molecule has 0 fully saturated rings. The number of rotatable bonds is 4. The first-order valence-electron chi connectivity index (χ1n) is 6.44. The van der Waals surface area contributed by atoms with Gasteiger partial charge in [-0.1, -0.05) is 12.1 Å². The molecule has 0 unspecified atom stereocenters. The van der Waals surface area contributed by atoms with Gasteiger partial charge in [-0.15, -0.1) is 0 Å². The van der Waals surface area contributed by atoms with Crippen molar-refractivity contribution in [3.05, 3.63) is 78.5 Å². The van der Waals surface area contributed by atoms with Crippen molar-refractivity contribution in [2.45, 2.75) is 0 Å². The number of aromatic nitrogens is 1. The third-order valence-corrected chi connectivity index (χ3v) is 2.93. The monoisotopic (exact) mass is 279 g/mol. The van der Waals surface area contributed by atoms with Crippen LogP contribution in [-0.4, -0.2) is 16.7 Å². The van der Waals surface area contributed by atoms with Gasteiger partial charge >= 0.3 is 0 Å². The third-order valence-electron chi connectivity index (χ3n) is 2.93. The molecule has 3 rings (SSSR count). The molecule has 0 atom stereocenters. The standard InChI is InChI=1S/C16H13N3O2/c20-16(18-17-12-13-6-5-11-21-13)14-7-1-2-8-15(14)19-9-3-4-10-19/h1-12H,(H,18,20)/b17-12-. The summed E-state index contributed by atoms with van der Waals surface area (Å²) in [7, 11) is 0. The number of hydrogen-bond acceptors (Lipinski definition) is 3. The Hall–Kier alpha value is -3.08. The Bertz CT molecular complexity index is 744. The van der Waals surface area contributed by atoms with E-state index < -0.39 is 0 Å².